The number of piperidine rings is 1. The third kappa shape index (κ3) is 1.99. The molecule has 0 aliphatic carbocycles. The van der Waals surface area contributed by atoms with Crippen LogP contribution >= 0.6 is 0 Å². The number of hydrogen-bond donors (Lipinski definition) is 1. The summed E-state index contributed by atoms with van der Waals surface area (Å²) < 4.78 is 5.70. The fraction of sp³-hybridized carbons (Fsp3) is 1.00. The van der Waals surface area contributed by atoms with Crippen LogP contribution < -0.4 is 5.73 Å². The van der Waals surface area contributed by atoms with Gasteiger partial charge in [-0.3, -0.25) is 9.80 Å². The summed E-state index contributed by atoms with van der Waals surface area (Å²) in [7, 11) is 0. The normalized spacial score (nSPS) is 43.0. The molecule has 4 nitrogen and oxygen atoms in total. The number of hydrogen-bond acceptors (Lipinski definition) is 4. The molecule has 0 saturated carbocycles. The summed E-state index contributed by atoms with van der Waals surface area (Å²) in [6, 6.07) is 0.696. The van der Waals surface area contributed by atoms with E-state index in [2.05, 4.69) is 16.7 Å². The van der Waals surface area contributed by atoms with Gasteiger partial charge in [0.15, 0.2) is 0 Å². The Labute approximate surface area is 110 Å². The van der Waals surface area contributed by atoms with Crippen molar-refractivity contribution in [3.05, 3.63) is 0 Å². The van der Waals surface area contributed by atoms with Gasteiger partial charge < -0.3 is 10.5 Å². The lowest BCUT2D eigenvalue weighted by Crippen LogP contribution is -2.64. The number of rotatable bonds is 2. The van der Waals surface area contributed by atoms with Gasteiger partial charge in [0.05, 0.1) is 18.2 Å². The molecular weight excluding hydrogens is 226 g/mol. The predicted octanol–water partition coefficient (Wildman–Crippen LogP) is 0.663. The first kappa shape index (κ1) is 12.9. The Morgan fingerprint density at radius 2 is 2.17 bits per heavy atom. The molecule has 104 valence electrons. The first-order chi connectivity index (χ1) is 8.76. The molecule has 2 N–H and O–H groups in total. The van der Waals surface area contributed by atoms with Gasteiger partial charge in [-0.1, -0.05) is 6.42 Å². The second-order valence-electron chi connectivity index (χ2n) is 6.23. The van der Waals surface area contributed by atoms with Crippen molar-refractivity contribution < 1.29 is 4.74 Å². The Kier molecular flexibility index (Phi) is 3.63. The van der Waals surface area contributed by atoms with Gasteiger partial charge >= 0.3 is 0 Å². The molecule has 0 bridgehead atoms. The van der Waals surface area contributed by atoms with Gasteiger partial charge in [0.2, 0.25) is 0 Å². The highest BCUT2D eigenvalue weighted by Crippen LogP contribution is 2.39. The van der Waals surface area contributed by atoms with Crippen LogP contribution in [0.2, 0.25) is 0 Å². The lowest BCUT2D eigenvalue weighted by molar-refractivity contribution is -0.0724. The Balaban J connectivity index is 1.80. The standard InChI is InChI=1S/C14H27N3O/c1-12-10-17(8-9-18-12)14(11-15)5-7-16-6-3-2-4-13(14)16/h12-13H,2-11,15H2,1H3. The second-order valence-corrected chi connectivity index (χ2v) is 6.23. The van der Waals surface area contributed by atoms with Crippen molar-refractivity contribution in [3.63, 3.8) is 0 Å². The molecule has 3 rings (SSSR count). The minimum Gasteiger partial charge on any atom is -0.376 e. The van der Waals surface area contributed by atoms with E-state index in [-0.39, 0.29) is 5.54 Å². The minimum absolute atomic E-state index is 0.235. The van der Waals surface area contributed by atoms with Crippen LogP contribution in [0, 0.1) is 0 Å². The first-order valence-electron chi connectivity index (χ1n) is 7.57. The fourth-order valence-electron chi connectivity index (χ4n) is 4.33. The van der Waals surface area contributed by atoms with Crippen LogP contribution in [0.5, 0.6) is 0 Å². The van der Waals surface area contributed by atoms with E-state index in [1.807, 2.05) is 0 Å². The van der Waals surface area contributed by atoms with E-state index in [1.165, 1.54) is 38.8 Å². The molecule has 0 aromatic heterocycles. The predicted molar refractivity (Wildman–Crippen MR) is 72.6 cm³/mol. The number of nitrogens with two attached hydrogens (primary N) is 1. The monoisotopic (exact) mass is 253 g/mol. The van der Waals surface area contributed by atoms with Crippen molar-refractivity contribution in [2.75, 3.05) is 39.3 Å². The molecule has 3 fully saturated rings. The molecule has 18 heavy (non-hydrogen) atoms. The van der Waals surface area contributed by atoms with Gasteiger partial charge in [0.1, 0.15) is 0 Å². The highest BCUT2D eigenvalue weighted by Gasteiger charge is 2.51. The Hall–Kier alpha value is -0.160. The van der Waals surface area contributed by atoms with Gasteiger partial charge in [-0.25, -0.2) is 0 Å². The summed E-state index contributed by atoms with van der Waals surface area (Å²) in [5, 5.41) is 0. The Bertz CT molecular complexity index is 299. The van der Waals surface area contributed by atoms with E-state index in [9.17, 15) is 0 Å². The van der Waals surface area contributed by atoms with Crippen molar-refractivity contribution in [2.24, 2.45) is 5.73 Å². The van der Waals surface area contributed by atoms with E-state index in [4.69, 9.17) is 10.5 Å². The van der Waals surface area contributed by atoms with Crippen molar-refractivity contribution in [2.45, 2.75) is 50.3 Å². The molecule has 3 aliphatic rings. The average molecular weight is 253 g/mol. The molecule has 0 amide bonds. The van der Waals surface area contributed by atoms with Crippen LogP contribution in [0.4, 0.5) is 0 Å². The lowest BCUT2D eigenvalue weighted by Gasteiger charge is -2.49. The van der Waals surface area contributed by atoms with E-state index in [1.54, 1.807) is 0 Å². The highest BCUT2D eigenvalue weighted by atomic mass is 16.5. The van der Waals surface area contributed by atoms with Crippen LogP contribution in [0.1, 0.15) is 32.6 Å². The zero-order valence-electron chi connectivity index (χ0n) is 11.6. The van der Waals surface area contributed by atoms with Gasteiger partial charge in [0.25, 0.3) is 0 Å². The van der Waals surface area contributed by atoms with Crippen molar-refractivity contribution in [1.82, 2.24) is 9.80 Å². The Morgan fingerprint density at radius 1 is 1.28 bits per heavy atom. The number of ether oxygens (including phenoxy) is 1. The molecule has 0 spiro atoms. The summed E-state index contributed by atoms with van der Waals surface area (Å²) in [6.07, 6.45) is 5.70. The van der Waals surface area contributed by atoms with Gasteiger partial charge in [-0.15, -0.1) is 0 Å². The third-order valence-electron chi connectivity index (χ3n) is 5.29. The van der Waals surface area contributed by atoms with Crippen molar-refractivity contribution >= 4 is 0 Å². The molecular formula is C14H27N3O. The van der Waals surface area contributed by atoms with E-state index in [0.29, 0.717) is 12.1 Å². The fourth-order valence-corrected chi connectivity index (χ4v) is 4.33. The zero-order chi connectivity index (χ0) is 12.6. The first-order valence-corrected chi connectivity index (χ1v) is 7.57. The van der Waals surface area contributed by atoms with Crippen LogP contribution in [0.15, 0.2) is 0 Å². The minimum atomic E-state index is 0.235. The Morgan fingerprint density at radius 3 is 2.94 bits per heavy atom. The van der Waals surface area contributed by atoms with Crippen LogP contribution in [0.3, 0.4) is 0 Å². The SMILES string of the molecule is CC1CN(C2(CN)CCN3CCCCC32)CCO1. The third-order valence-corrected chi connectivity index (χ3v) is 5.29. The van der Waals surface area contributed by atoms with Crippen LogP contribution in [-0.4, -0.2) is 66.8 Å². The van der Waals surface area contributed by atoms with E-state index in [0.717, 1.165) is 26.2 Å². The summed E-state index contributed by atoms with van der Waals surface area (Å²) in [5.74, 6) is 0. The summed E-state index contributed by atoms with van der Waals surface area (Å²) >= 11 is 0. The lowest BCUT2D eigenvalue weighted by atomic mass is 9.83. The van der Waals surface area contributed by atoms with Crippen molar-refractivity contribution in [3.8, 4) is 0 Å². The van der Waals surface area contributed by atoms with Crippen LogP contribution in [-0.2, 0) is 4.74 Å². The molecule has 3 unspecified atom stereocenters. The van der Waals surface area contributed by atoms with Gasteiger partial charge in [0, 0.05) is 32.2 Å². The molecule has 0 aromatic rings. The second kappa shape index (κ2) is 5.08. The maximum absolute atomic E-state index is 6.24. The summed E-state index contributed by atoms with van der Waals surface area (Å²) in [5.41, 5.74) is 6.48. The number of morpholine rings is 1. The van der Waals surface area contributed by atoms with E-state index >= 15 is 0 Å². The van der Waals surface area contributed by atoms with Gasteiger partial charge in [-0.2, -0.15) is 0 Å². The maximum atomic E-state index is 6.24. The average Bonchev–Trinajstić information content (AvgIpc) is 2.79. The topological polar surface area (TPSA) is 41.7 Å². The summed E-state index contributed by atoms with van der Waals surface area (Å²) in [4.78, 5) is 5.34. The zero-order valence-corrected chi connectivity index (χ0v) is 11.6. The van der Waals surface area contributed by atoms with E-state index < -0.39 is 0 Å². The molecule has 0 radical (unpaired) electrons. The molecule has 3 heterocycles. The molecule has 4 heteroatoms. The maximum Gasteiger partial charge on any atom is 0.0674 e. The smallest absolute Gasteiger partial charge is 0.0674 e. The number of fused-ring (bicyclic) bond motifs is 1. The molecule has 0 aromatic carbocycles. The molecule has 3 aliphatic heterocycles. The van der Waals surface area contributed by atoms with Crippen LogP contribution in [0.25, 0.3) is 0 Å². The highest BCUT2D eigenvalue weighted by molar-refractivity contribution is 5.09. The molecule has 3 saturated heterocycles. The largest absolute Gasteiger partial charge is 0.376 e. The van der Waals surface area contributed by atoms with Crippen molar-refractivity contribution in [1.29, 1.82) is 0 Å². The molecule has 3 atom stereocenters. The summed E-state index contributed by atoms with van der Waals surface area (Å²) in [6.45, 7) is 8.51. The number of nitrogens with zero attached hydrogens (tertiary/aromatic N) is 2. The van der Waals surface area contributed by atoms with Gasteiger partial charge in [-0.05, 0) is 32.7 Å². The quantitative estimate of drug-likeness (QED) is 0.785.